The van der Waals surface area contributed by atoms with Crippen molar-refractivity contribution >= 4 is 11.6 Å². The lowest BCUT2D eigenvalue weighted by Gasteiger charge is -2.09. The molecule has 20 heavy (non-hydrogen) atoms. The summed E-state index contributed by atoms with van der Waals surface area (Å²) >= 11 is 0. The number of hydrogen-bond donors (Lipinski definition) is 2. The molecule has 0 aliphatic rings. The summed E-state index contributed by atoms with van der Waals surface area (Å²) in [6.45, 7) is 0.667. The third-order valence-electron chi connectivity index (χ3n) is 2.93. The van der Waals surface area contributed by atoms with Gasteiger partial charge in [0.05, 0.1) is 11.3 Å². The molecule has 1 aromatic carbocycles. The molecule has 3 N–H and O–H groups in total. The highest BCUT2D eigenvalue weighted by Crippen LogP contribution is 2.13. The summed E-state index contributed by atoms with van der Waals surface area (Å²) in [5.74, 6) is -0.730. The molecule has 4 nitrogen and oxygen atoms in total. The summed E-state index contributed by atoms with van der Waals surface area (Å²) in [5, 5.41) is 3.14. The first-order chi connectivity index (χ1) is 9.66. The molecule has 0 aliphatic carbocycles. The summed E-state index contributed by atoms with van der Waals surface area (Å²) in [6.07, 6.45) is 4.63. The summed E-state index contributed by atoms with van der Waals surface area (Å²) in [7, 11) is 0. The Balaban J connectivity index is 1.86. The minimum atomic E-state index is -0.509. The second-order valence-corrected chi connectivity index (χ2v) is 4.45. The maximum atomic E-state index is 13.0. The van der Waals surface area contributed by atoms with E-state index in [1.165, 1.54) is 18.3 Å². The van der Waals surface area contributed by atoms with Crippen molar-refractivity contribution in [2.45, 2.75) is 12.8 Å². The number of rotatable bonds is 6. The highest BCUT2D eigenvalue weighted by atomic mass is 19.1. The van der Waals surface area contributed by atoms with Crippen molar-refractivity contribution in [2.75, 3.05) is 11.9 Å². The number of aryl methyl sites for hydroxylation is 1. The summed E-state index contributed by atoms with van der Waals surface area (Å²) in [4.78, 5) is 15.1. The number of pyridine rings is 1. The number of benzene rings is 1. The van der Waals surface area contributed by atoms with Crippen molar-refractivity contribution in [2.24, 2.45) is 5.73 Å². The second-order valence-electron chi connectivity index (χ2n) is 4.45. The van der Waals surface area contributed by atoms with Gasteiger partial charge in [-0.25, -0.2) is 4.39 Å². The first kappa shape index (κ1) is 14.0. The minimum absolute atomic E-state index is 0.222. The van der Waals surface area contributed by atoms with Crippen LogP contribution in [0.25, 0.3) is 0 Å². The fraction of sp³-hybridized carbons (Fsp3) is 0.200. The molecule has 1 amide bonds. The molecule has 0 aliphatic heterocycles. The highest BCUT2D eigenvalue weighted by molar-refractivity contribution is 5.98. The Morgan fingerprint density at radius 3 is 2.95 bits per heavy atom. The summed E-state index contributed by atoms with van der Waals surface area (Å²) < 4.78 is 13.0. The molecule has 1 heterocycles. The number of carbonyl (C=O) groups is 1. The van der Waals surface area contributed by atoms with Gasteiger partial charge in [0.1, 0.15) is 5.82 Å². The quantitative estimate of drug-likeness (QED) is 0.794. The smallest absolute Gasteiger partial charge is 0.252 e. The van der Waals surface area contributed by atoms with Gasteiger partial charge in [0, 0.05) is 18.9 Å². The number of anilines is 1. The zero-order chi connectivity index (χ0) is 14.4. The SMILES string of the molecule is NC(=O)c1cnccc1NCCCc1cccc(F)c1. The Morgan fingerprint density at radius 1 is 1.35 bits per heavy atom. The average Bonchev–Trinajstić information content (AvgIpc) is 2.44. The molecule has 0 unspecified atom stereocenters. The lowest BCUT2D eigenvalue weighted by atomic mass is 10.1. The molecule has 0 fully saturated rings. The molecule has 0 radical (unpaired) electrons. The zero-order valence-corrected chi connectivity index (χ0v) is 11.0. The van der Waals surface area contributed by atoms with Gasteiger partial charge in [-0.2, -0.15) is 0 Å². The van der Waals surface area contributed by atoms with Crippen LogP contribution in [0.15, 0.2) is 42.7 Å². The molecule has 104 valence electrons. The number of primary amides is 1. The van der Waals surface area contributed by atoms with E-state index in [1.807, 2.05) is 6.07 Å². The van der Waals surface area contributed by atoms with Crippen molar-refractivity contribution < 1.29 is 9.18 Å². The van der Waals surface area contributed by atoms with E-state index in [0.717, 1.165) is 18.4 Å². The Bertz CT molecular complexity index is 601. The minimum Gasteiger partial charge on any atom is -0.384 e. The van der Waals surface area contributed by atoms with Crippen molar-refractivity contribution in [3.05, 3.63) is 59.7 Å². The van der Waals surface area contributed by atoms with Gasteiger partial charge in [-0.05, 0) is 36.6 Å². The van der Waals surface area contributed by atoms with Crippen LogP contribution in [0.5, 0.6) is 0 Å². The van der Waals surface area contributed by atoms with E-state index in [1.54, 1.807) is 18.3 Å². The summed E-state index contributed by atoms with van der Waals surface area (Å²) in [5.41, 5.74) is 7.27. The van der Waals surface area contributed by atoms with Crippen LogP contribution in [-0.4, -0.2) is 17.4 Å². The van der Waals surface area contributed by atoms with Crippen LogP contribution < -0.4 is 11.1 Å². The standard InChI is InChI=1S/C15H16FN3O/c16-12-5-1-3-11(9-12)4-2-7-19-14-6-8-18-10-13(14)15(17)20/h1,3,5-6,8-10H,2,4,7H2,(H2,17,20)(H,18,19). The summed E-state index contributed by atoms with van der Waals surface area (Å²) in [6, 6.07) is 8.26. The van der Waals surface area contributed by atoms with Crippen LogP contribution >= 0.6 is 0 Å². The normalized spacial score (nSPS) is 10.2. The van der Waals surface area contributed by atoms with E-state index in [0.29, 0.717) is 17.8 Å². The highest BCUT2D eigenvalue weighted by Gasteiger charge is 2.06. The van der Waals surface area contributed by atoms with Crippen LogP contribution in [0, 0.1) is 5.82 Å². The number of carbonyl (C=O) groups excluding carboxylic acids is 1. The molecule has 0 saturated carbocycles. The second kappa shape index (κ2) is 6.65. The molecule has 0 saturated heterocycles. The van der Waals surface area contributed by atoms with Gasteiger partial charge in [0.25, 0.3) is 5.91 Å². The molecule has 1 aromatic heterocycles. The largest absolute Gasteiger partial charge is 0.384 e. The number of hydrogen-bond acceptors (Lipinski definition) is 3. The fourth-order valence-electron chi connectivity index (χ4n) is 1.95. The third kappa shape index (κ3) is 3.78. The lowest BCUT2D eigenvalue weighted by Crippen LogP contribution is -2.15. The van der Waals surface area contributed by atoms with E-state index >= 15 is 0 Å². The maximum absolute atomic E-state index is 13.0. The Kier molecular flexibility index (Phi) is 4.65. The number of nitrogens with one attached hydrogen (secondary N) is 1. The van der Waals surface area contributed by atoms with E-state index in [-0.39, 0.29) is 5.82 Å². The van der Waals surface area contributed by atoms with E-state index in [9.17, 15) is 9.18 Å². The number of amides is 1. The van der Waals surface area contributed by atoms with Crippen LogP contribution in [-0.2, 0) is 6.42 Å². The molecular weight excluding hydrogens is 257 g/mol. The number of aromatic nitrogens is 1. The molecule has 2 rings (SSSR count). The monoisotopic (exact) mass is 273 g/mol. The van der Waals surface area contributed by atoms with Crippen LogP contribution in [0.4, 0.5) is 10.1 Å². The molecule has 0 bridgehead atoms. The van der Waals surface area contributed by atoms with Gasteiger partial charge in [-0.1, -0.05) is 12.1 Å². The Labute approximate surface area is 116 Å². The number of nitrogens with two attached hydrogens (primary N) is 1. The van der Waals surface area contributed by atoms with Crippen molar-refractivity contribution in [1.82, 2.24) is 4.98 Å². The van der Waals surface area contributed by atoms with Crippen LogP contribution in [0.3, 0.4) is 0 Å². The Morgan fingerprint density at radius 2 is 2.20 bits per heavy atom. The molecule has 5 heteroatoms. The molecule has 2 aromatic rings. The van der Waals surface area contributed by atoms with Gasteiger partial charge < -0.3 is 11.1 Å². The van der Waals surface area contributed by atoms with Crippen LogP contribution in [0.1, 0.15) is 22.3 Å². The Hall–Kier alpha value is -2.43. The predicted octanol–water partition coefficient (Wildman–Crippen LogP) is 2.36. The van der Waals surface area contributed by atoms with E-state index in [4.69, 9.17) is 5.73 Å². The topological polar surface area (TPSA) is 68.0 Å². The average molecular weight is 273 g/mol. The lowest BCUT2D eigenvalue weighted by molar-refractivity contribution is 0.100. The fourth-order valence-corrected chi connectivity index (χ4v) is 1.95. The van der Waals surface area contributed by atoms with Gasteiger partial charge in [0.2, 0.25) is 0 Å². The van der Waals surface area contributed by atoms with Gasteiger partial charge in [-0.3, -0.25) is 9.78 Å². The first-order valence-corrected chi connectivity index (χ1v) is 6.39. The zero-order valence-electron chi connectivity index (χ0n) is 11.0. The van der Waals surface area contributed by atoms with E-state index in [2.05, 4.69) is 10.3 Å². The van der Waals surface area contributed by atoms with Crippen LogP contribution in [0.2, 0.25) is 0 Å². The van der Waals surface area contributed by atoms with Crippen molar-refractivity contribution in [3.8, 4) is 0 Å². The molecular formula is C15H16FN3O. The number of halogens is 1. The third-order valence-corrected chi connectivity index (χ3v) is 2.93. The van der Waals surface area contributed by atoms with Gasteiger partial charge >= 0.3 is 0 Å². The van der Waals surface area contributed by atoms with Gasteiger partial charge in [-0.15, -0.1) is 0 Å². The number of nitrogens with zero attached hydrogens (tertiary/aromatic N) is 1. The predicted molar refractivity (Wildman–Crippen MR) is 76.0 cm³/mol. The first-order valence-electron chi connectivity index (χ1n) is 6.39. The van der Waals surface area contributed by atoms with E-state index < -0.39 is 5.91 Å². The molecule has 0 spiro atoms. The molecule has 0 atom stereocenters. The van der Waals surface area contributed by atoms with Crippen molar-refractivity contribution in [1.29, 1.82) is 0 Å². The van der Waals surface area contributed by atoms with Crippen molar-refractivity contribution in [3.63, 3.8) is 0 Å². The van der Waals surface area contributed by atoms with Gasteiger partial charge in [0.15, 0.2) is 0 Å². The maximum Gasteiger partial charge on any atom is 0.252 e.